The topological polar surface area (TPSA) is 38.0 Å². The number of aryl methyl sites for hydroxylation is 2. The van der Waals surface area contributed by atoms with Crippen LogP contribution < -0.4 is 0 Å². The lowest BCUT2D eigenvalue weighted by molar-refractivity contribution is 0.269. The maximum Gasteiger partial charge on any atom is 0.0952 e. The average molecular weight is 154 g/mol. The van der Waals surface area contributed by atoms with E-state index in [4.69, 9.17) is 5.11 Å². The van der Waals surface area contributed by atoms with Gasteiger partial charge in [-0.15, -0.1) is 0 Å². The molecule has 0 fully saturated rings. The molecule has 0 atom stereocenters. The van der Waals surface area contributed by atoms with Crippen LogP contribution in [-0.2, 0) is 13.2 Å². The van der Waals surface area contributed by atoms with Gasteiger partial charge >= 0.3 is 0 Å². The van der Waals surface area contributed by atoms with Crippen LogP contribution in [-0.4, -0.2) is 14.7 Å². The van der Waals surface area contributed by atoms with Crippen LogP contribution in [0.3, 0.4) is 0 Å². The molecular formula is C8H14N2O. The normalized spacial score (nSPS) is 10.5. The van der Waals surface area contributed by atoms with Crippen LogP contribution in [0.1, 0.15) is 24.7 Å². The Morgan fingerprint density at radius 3 is 2.91 bits per heavy atom. The van der Waals surface area contributed by atoms with Crippen molar-refractivity contribution in [3.8, 4) is 0 Å². The fourth-order valence-electron chi connectivity index (χ4n) is 1.15. The van der Waals surface area contributed by atoms with Crippen LogP contribution in [0.2, 0.25) is 0 Å². The standard InChI is InChI=1S/C8H14N2O/c1-3-4-10-6-9-7(2)8(10)5-11/h6,11H,3-5H2,1-2H3. The lowest BCUT2D eigenvalue weighted by Gasteiger charge is -2.03. The molecule has 0 aromatic carbocycles. The van der Waals surface area contributed by atoms with Gasteiger partial charge in [0.05, 0.1) is 24.3 Å². The van der Waals surface area contributed by atoms with Crippen molar-refractivity contribution >= 4 is 0 Å². The highest BCUT2D eigenvalue weighted by Crippen LogP contribution is 2.06. The smallest absolute Gasteiger partial charge is 0.0952 e. The van der Waals surface area contributed by atoms with Gasteiger partial charge in [0.2, 0.25) is 0 Å². The second kappa shape index (κ2) is 3.53. The summed E-state index contributed by atoms with van der Waals surface area (Å²) in [5.74, 6) is 0. The van der Waals surface area contributed by atoms with Crippen molar-refractivity contribution in [2.24, 2.45) is 0 Å². The van der Waals surface area contributed by atoms with Crippen molar-refractivity contribution < 1.29 is 5.11 Å². The van der Waals surface area contributed by atoms with Gasteiger partial charge in [0.1, 0.15) is 0 Å². The van der Waals surface area contributed by atoms with E-state index < -0.39 is 0 Å². The van der Waals surface area contributed by atoms with Crippen LogP contribution in [0.4, 0.5) is 0 Å². The van der Waals surface area contributed by atoms with E-state index in [1.807, 2.05) is 11.5 Å². The van der Waals surface area contributed by atoms with Gasteiger partial charge in [-0.2, -0.15) is 0 Å². The summed E-state index contributed by atoms with van der Waals surface area (Å²) in [5, 5.41) is 8.95. The molecule has 1 heterocycles. The lowest BCUT2D eigenvalue weighted by Crippen LogP contribution is -2.01. The first-order valence-corrected chi connectivity index (χ1v) is 3.91. The zero-order valence-corrected chi connectivity index (χ0v) is 7.04. The predicted molar refractivity (Wildman–Crippen MR) is 43.2 cm³/mol. The molecule has 3 nitrogen and oxygen atoms in total. The van der Waals surface area contributed by atoms with Gasteiger partial charge in [-0.05, 0) is 13.3 Å². The third kappa shape index (κ3) is 1.60. The number of nitrogens with zero attached hydrogens (tertiary/aromatic N) is 2. The Balaban J connectivity index is 2.86. The molecule has 1 rings (SSSR count). The number of aliphatic hydroxyl groups is 1. The molecule has 0 aliphatic rings. The Bertz CT molecular complexity index is 230. The molecule has 1 N–H and O–H groups in total. The summed E-state index contributed by atoms with van der Waals surface area (Å²) in [7, 11) is 0. The van der Waals surface area contributed by atoms with Crippen molar-refractivity contribution in [3.63, 3.8) is 0 Å². The van der Waals surface area contributed by atoms with E-state index in [2.05, 4.69) is 11.9 Å². The Morgan fingerprint density at radius 1 is 1.64 bits per heavy atom. The van der Waals surface area contributed by atoms with E-state index in [9.17, 15) is 0 Å². The number of aliphatic hydroxyl groups excluding tert-OH is 1. The Hall–Kier alpha value is -0.830. The number of rotatable bonds is 3. The summed E-state index contributed by atoms with van der Waals surface area (Å²) in [6.07, 6.45) is 2.85. The van der Waals surface area contributed by atoms with E-state index in [0.717, 1.165) is 24.4 Å². The zero-order valence-electron chi connectivity index (χ0n) is 7.04. The van der Waals surface area contributed by atoms with Crippen LogP contribution in [0.25, 0.3) is 0 Å². The Labute approximate surface area is 66.7 Å². The van der Waals surface area contributed by atoms with Gasteiger partial charge in [0, 0.05) is 6.54 Å². The summed E-state index contributed by atoms with van der Waals surface area (Å²) in [5.41, 5.74) is 1.87. The first-order valence-electron chi connectivity index (χ1n) is 3.91. The first kappa shape index (κ1) is 8.27. The molecule has 0 saturated carbocycles. The highest BCUT2D eigenvalue weighted by molar-refractivity contribution is 5.09. The zero-order chi connectivity index (χ0) is 8.27. The van der Waals surface area contributed by atoms with Gasteiger partial charge in [-0.1, -0.05) is 6.92 Å². The fraction of sp³-hybridized carbons (Fsp3) is 0.625. The van der Waals surface area contributed by atoms with E-state index in [-0.39, 0.29) is 6.61 Å². The minimum atomic E-state index is 0.0891. The van der Waals surface area contributed by atoms with Crippen LogP contribution in [0.15, 0.2) is 6.33 Å². The maximum atomic E-state index is 8.95. The molecular weight excluding hydrogens is 140 g/mol. The van der Waals surface area contributed by atoms with Crippen molar-refractivity contribution in [3.05, 3.63) is 17.7 Å². The number of aromatic nitrogens is 2. The molecule has 62 valence electrons. The summed E-state index contributed by atoms with van der Waals surface area (Å²) < 4.78 is 2.00. The second-order valence-electron chi connectivity index (χ2n) is 2.63. The van der Waals surface area contributed by atoms with E-state index in [1.165, 1.54) is 0 Å². The summed E-state index contributed by atoms with van der Waals surface area (Å²) in [6.45, 7) is 5.05. The molecule has 0 saturated heterocycles. The third-order valence-electron chi connectivity index (χ3n) is 1.77. The van der Waals surface area contributed by atoms with Gasteiger partial charge in [-0.25, -0.2) is 4.98 Å². The van der Waals surface area contributed by atoms with Crippen LogP contribution >= 0.6 is 0 Å². The van der Waals surface area contributed by atoms with Gasteiger partial charge in [0.15, 0.2) is 0 Å². The van der Waals surface area contributed by atoms with E-state index in [1.54, 1.807) is 6.33 Å². The fourth-order valence-corrected chi connectivity index (χ4v) is 1.15. The molecule has 1 aromatic heterocycles. The van der Waals surface area contributed by atoms with Crippen molar-refractivity contribution in [2.45, 2.75) is 33.4 Å². The number of hydrogen-bond donors (Lipinski definition) is 1. The molecule has 0 radical (unpaired) electrons. The Kier molecular flexibility index (Phi) is 2.65. The molecule has 0 aliphatic carbocycles. The average Bonchev–Trinajstić information content (AvgIpc) is 2.33. The van der Waals surface area contributed by atoms with Gasteiger partial charge < -0.3 is 9.67 Å². The highest BCUT2D eigenvalue weighted by Gasteiger charge is 2.03. The third-order valence-corrected chi connectivity index (χ3v) is 1.77. The quantitative estimate of drug-likeness (QED) is 0.707. The molecule has 0 spiro atoms. The molecule has 0 aliphatic heterocycles. The van der Waals surface area contributed by atoms with Crippen molar-refractivity contribution in [1.29, 1.82) is 0 Å². The predicted octanol–water partition coefficient (Wildman–Crippen LogP) is 1.09. The van der Waals surface area contributed by atoms with E-state index in [0.29, 0.717) is 0 Å². The summed E-state index contributed by atoms with van der Waals surface area (Å²) >= 11 is 0. The molecule has 3 heteroatoms. The SMILES string of the molecule is CCCn1cnc(C)c1CO. The molecule has 11 heavy (non-hydrogen) atoms. The van der Waals surface area contributed by atoms with Gasteiger partial charge in [0.25, 0.3) is 0 Å². The second-order valence-corrected chi connectivity index (χ2v) is 2.63. The monoisotopic (exact) mass is 154 g/mol. The molecule has 0 bridgehead atoms. The van der Waals surface area contributed by atoms with Gasteiger partial charge in [-0.3, -0.25) is 0 Å². The lowest BCUT2D eigenvalue weighted by atomic mass is 10.3. The first-order chi connectivity index (χ1) is 5.29. The van der Waals surface area contributed by atoms with Crippen molar-refractivity contribution in [1.82, 2.24) is 9.55 Å². The van der Waals surface area contributed by atoms with E-state index >= 15 is 0 Å². The highest BCUT2D eigenvalue weighted by atomic mass is 16.3. The van der Waals surface area contributed by atoms with Crippen LogP contribution in [0.5, 0.6) is 0 Å². The van der Waals surface area contributed by atoms with Crippen molar-refractivity contribution in [2.75, 3.05) is 0 Å². The number of hydrogen-bond acceptors (Lipinski definition) is 2. The minimum Gasteiger partial charge on any atom is -0.390 e. The largest absolute Gasteiger partial charge is 0.390 e. The maximum absolute atomic E-state index is 8.95. The van der Waals surface area contributed by atoms with Crippen LogP contribution in [0, 0.1) is 6.92 Å². The summed E-state index contributed by atoms with van der Waals surface area (Å²) in [6, 6.07) is 0. The molecule has 0 unspecified atom stereocenters. The molecule has 0 amide bonds. The Morgan fingerprint density at radius 2 is 2.36 bits per heavy atom. The minimum absolute atomic E-state index is 0.0891. The summed E-state index contributed by atoms with van der Waals surface area (Å²) in [4.78, 5) is 4.11. The molecule has 1 aromatic rings. The number of imidazole rings is 1.